The van der Waals surface area contributed by atoms with Crippen LogP contribution in [0.25, 0.3) is 0 Å². The Hall–Kier alpha value is -0.820. The van der Waals surface area contributed by atoms with Crippen molar-refractivity contribution in [3.63, 3.8) is 0 Å². The maximum atomic E-state index is 9.85. The van der Waals surface area contributed by atoms with Gasteiger partial charge < -0.3 is 5.11 Å². The van der Waals surface area contributed by atoms with E-state index >= 15 is 0 Å². The number of rotatable bonds is 3. The molecule has 0 heterocycles. The van der Waals surface area contributed by atoms with Gasteiger partial charge in [0.2, 0.25) is 0 Å². The van der Waals surface area contributed by atoms with Gasteiger partial charge in [0, 0.05) is 0 Å². The third-order valence-corrected chi connectivity index (χ3v) is 2.55. The molecule has 78 valence electrons. The highest BCUT2D eigenvalue weighted by atomic mass is 16.3. The minimum atomic E-state index is -0.220. The Bertz CT molecular complexity index is 258. The molecule has 0 aliphatic carbocycles. The fourth-order valence-corrected chi connectivity index (χ4v) is 1.38. The van der Waals surface area contributed by atoms with Gasteiger partial charge in [-0.1, -0.05) is 51.1 Å². The summed E-state index contributed by atoms with van der Waals surface area (Å²) in [6, 6.07) is 10.3. The normalized spacial score (nSPS) is 14.0. The van der Waals surface area contributed by atoms with Crippen LogP contribution in [0.15, 0.2) is 30.3 Å². The van der Waals surface area contributed by atoms with Crippen LogP contribution in [-0.4, -0.2) is 11.2 Å². The number of benzene rings is 1. The number of aliphatic hydroxyl groups is 1. The van der Waals surface area contributed by atoms with Crippen LogP contribution in [0.4, 0.5) is 0 Å². The van der Waals surface area contributed by atoms with Gasteiger partial charge in [-0.2, -0.15) is 0 Å². The third kappa shape index (κ3) is 3.51. The summed E-state index contributed by atoms with van der Waals surface area (Å²) in [5.74, 6) is 0. The first-order chi connectivity index (χ1) is 6.50. The second-order valence-corrected chi connectivity index (χ2v) is 4.91. The standard InChI is InChI=1S/C13H20O/c1-13(2,3)12(14)10-9-11-7-5-4-6-8-11/h4-8,12,14H,9-10H2,1-3H3/t12-/m0/s1. The van der Waals surface area contributed by atoms with E-state index in [0.29, 0.717) is 0 Å². The van der Waals surface area contributed by atoms with Gasteiger partial charge in [-0.25, -0.2) is 0 Å². The molecule has 1 N–H and O–H groups in total. The van der Waals surface area contributed by atoms with Gasteiger partial charge in [-0.15, -0.1) is 0 Å². The Labute approximate surface area is 86.8 Å². The molecule has 1 aromatic rings. The molecule has 1 nitrogen and oxygen atoms in total. The fraction of sp³-hybridized carbons (Fsp3) is 0.538. The smallest absolute Gasteiger partial charge is 0.0591 e. The van der Waals surface area contributed by atoms with Crippen molar-refractivity contribution >= 4 is 0 Å². The van der Waals surface area contributed by atoms with Crippen LogP contribution < -0.4 is 0 Å². The average molecular weight is 192 g/mol. The first-order valence-corrected chi connectivity index (χ1v) is 5.22. The average Bonchev–Trinajstić information content (AvgIpc) is 2.14. The molecule has 0 saturated heterocycles. The number of hydrogen-bond donors (Lipinski definition) is 1. The molecule has 1 heteroatoms. The van der Waals surface area contributed by atoms with Crippen LogP contribution in [-0.2, 0) is 6.42 Å². The summed E-state index contributed by atoms with van der Waals surface area (Å²) in [6.07, 6.45) is 1.58. The van der Waals surface area contributed by atoms with E-state index in [9.17, 15) is 5.11 Å². The summed E-state index contributed by atoms with van der Waals surface area (Å²) in [7, 11) is 0. The number of hydrogen-bond acceptors (Lipinski definition) is 1. The van der Waals surface area contributed by atoms with Crippen LogP contribution in [0.2, 0.25) is 0 Å². The van der Waals surface area contributed by atoms with Crippen molar-refractivity contribution in [3.8, 4) is 0 Å². The second kappa shape index (κ2) is 4.61. The van der Waals surface area contributed by atoms with Crippen molar-refractivity contribution in [2.24, 2.45) is 5.41 Å². The maximum absolute atomic E-state index is 9.85. The van der Waals surface area contributed by atoms with E-state index in [0.717, 1.165) is 12.8 Å². The lowest BCUT2D eigenvalue weighted by atomic mass is 9.86. The minimum absolute atomic E-state index is 0.00518. The Balaban J connectivity index is 2.42. The van der Waals surface area contributed by atoms with E-state index < -0.39 is 0 Å². The zero-order valence-electron chi connectivity index (χ0n) is 9.33. The molecule has 0 amide bonds. The molecule has 0 aromatic heterocycles. The molecule has 0 fully saturated rings. The molecule has 0 aliphatic rings. The summed E-state index contributed by atoms with van der Waals surface area (Å²) >= 11 is 0. The van der Waals surface area contributed by atoms with Crippen molar-refractivity contribution in [2.45, 2.75) is 39.7 Å². The van der Waals surface area contributed by atoms with Crippen molar-refractivity contribution in [3.05, 3.63) is 35.9 Å². The summed E-state index contributed by atoms with van der Waals surface area (Å²) in [5.41, 5.74) is 1.30. The van der Waals surface area contributed by atoms with Crippen LogP contribution in [0.3, 0.4) is 0 Å². The fourth-order valence-electron chi connectivity index (χ4n) is 1.38. The lowest BCUT2D eigenvalue weighted by Crippen LogP contribution is -2.26. The van der Waals surface area contributed by atoms with Crippen LogP contribution in [0.5, 0.6) is 0 Å². The Kier molecular flexibility index (Phi) is 3.70. The van der Waals surface area contributed by atoms with Gasteiger partial charge in [0.1, 0.15) is 0 Å². The molecule has 0 bridgehead atoms. The van der Waals surface area contributed by atoms with Gasteiger partial charge in [-0.05, 0) is 23.8 Å². The van der Waals surface area contributed by atoms with E-state index in [-0.39, 0.29) is 11.5 Å². The quantitative estimate of drug-likeness (QED) is 0.780. The molecule has 1 rings (SSSR count). The van der Waals surface area contributed by atoms with E-state index in [1.165, 1.54) is 5.56 Å². The molecule has 0 radical (unpaired) electrons. The van der Waals surface area contributed by atoms with Gasteiger partial charge >= 0.3 is 0 Å². The first kappa shape index (κ1) is 11.3. The number of aryl methyl sites for hydroxylation is 1. The largest absolute Gasteiger partial charge is 0.393 e. The summed E-state index contributed by atoms with van der Waals surface area (Å²) in [4.78, 5) is 0. The Morgan fingerprint density at radius 1 is 1.14 bits per heavy atom. The van der Waals surface area contributed by atoms with E-state index in [1.54, 1.807) is 0 Å². The van der Waals surface area contributed by atoms with Gasteiger partial charge in [0.15, 0.2) is 0 Å². The summed E-state index contributed by atoms with van der Waals surface area (Å²) < 4.78 is 0. The van der Waals surface area contributed by atoms with Crippen molar-refractivity contribution in [2.75, 3.05) is 0 Å². The van der Waals surface area contributed by atoms with E-state index in [1.807, 2.05) is 18.2 Å². The molecule has 0 unspecified atom stereocenters. The lowest BCUT2D eigenvalue weighted by Gasteiger charge is -2.25. The minimum Gasteiger partial charge on any atom is -0.393 e. The highest BCUT2D eigenvalue weighted by molar-refractivity contribution is 5.14. The molecular weight excluding hydrogens is 172 g/mol. The van der Waals surface area contributed by atoms with Crippen LogP contribution in [0.1, 0.15) is 32.8 Å². The predicted molar refractivity (Wildman–Crippen MR) is 60.2 cm³/mol. The molecule has 0 spiro atoms. The monoisotopic (exact) mass is 192 g/mol. The molecular formula is C13H20O. The van der Waals surface area contributed by atoms with Crippen molar-refractivity contribution in [1.82, 2.24) is 0 Å². The van der Waals surface area contributed by atoms with Crippen molar-refractivity contribution in [1.29, 1.82) is 0 Å². The second-order valence-electron chi connectivity index (χ2n) is 4.91. The van der Waals surface area contributed by atoms with Crippen LogP contribution in [0, 0.1) is 5.41 Å². The Morgan fingerprint density at radius 2 is 1.71 bits per heavy atom. The zero-order chi connectivity index (χ0) is 10.6. The highest BCUT2D eigenvalue weighted by Gasteiger charge is 2.21. The van der Waals surface area contributed by atoms with Gasteiger partial charge in [0.05, 0.1) is 6.10 Å². The summed E-state index contributed by atoms with van der Waals surface area (Å²) in [5, 5.41) is 9.85. The third-order valence-electron chi connectivity index (χ3n) is 2.55. The maximum Gasteiger partial charge on any atom is 0.0591 e. The highest BCUT2D eigenvalue weighted by Crippen LogP contribution is 2.22. The molecule has 14 heavy (non-hydrogen) atoms. The molecule has 0 saturated carbocycles. The lowest BCUT2D eigenvalue weighted by molar-refractivity contribution is 0.0560. The van der Waals surface area contributed by atoms with Crippen molar-refractivity contribution < 1.29 is 5.11 Å². The SMILES string of the molecule is CC(C)(C)[C@@H](O)CCc1ccccc1. The van der Waals surface area contributed by atoms with E-state index in [2.05, 4.69) is 32.9 Å². The summed E-state index contributed by atoms with van der Waals surface area (Å²) in [6.45, 7) is 6.22. The first-order valence-electron chi connectivity index (χ1n) is 5.22. The predicted octanol–water partition coefficient (Wildman–Crippen LogP) is 3.03. The van der Waals surface area contributed by atoms with Gasteiger partial charge in [0.25, 0.3) is 0 Å². The molecule has 1 atom stereocenters. The zero-order valence-corrected chi connectivity index (χ0v) is 9.33. The number of aliphatic hydroxyl groups excluding tert-OH is 1. The van der Waals surface area contributed by atoms with E-state index in [4.69, 9.17) is 0 Å². The molecule has 0 aliphatic heterocycles. The van der Waals surface area contributed by atoms with Crippen LogP contribution >= 0.6 is 0 Å². The topological polar surface area (TPSA) is 20.2 Å². The molecule has 1 aromatic carbocycles. The Morgan fingerprint density at radius 3 is 2.21 bits per heavy atom. The van der Waals surface area contributed by atoms with Gasteiger partial charge in [-0.3, -0.25) is 0 Å².